The highest BCUT2D eigenvalue weighted by atomic mass is 19.1. The summed E-state index contributed by atoms with van der Waals surface area (Å²) >= 11 is 0. The molecular formula is C16H14FN3O. The molecule has 0 amide bonds. The molecule has 0 fully saturated rings. The SMILES string of the molecule is CC[C@@H](c1ccc(F)cc1)n1cnc2cnccc2c1=O. The number of hydrogen-bond donors (Lipinski definition) is 0. The lowest BCUT2D eigenvalue weighted by atomic mass is 10.0. The zero-order chi connectivity index (χ0) is 14.8. The molecule has 5 heteroatoms. The van der Waals surface area contributed by atoms with Crippen LogP contribution in [-0.4, -0.2) is 14.5 Å². The summed E-state index contributed by atoms with van der Waals surface area (Å²) < 4.78 is 14.6. The summed E-state index contributed by atoms with van der Waals surface area (Å²) in [4.78, 5) is 20.8. The lowest BCUT2D eigenvalue weighted by molar-refractivity contribution is 0.542. The molecule has 0 spiro atoms. The molecule has 0 N–H and O–H groups in total. The summed E-state index contributed by atoms with van der Waals surface area (Å²) in [7, 11) is 0. The average Bonchev–Trinajstić information content (AvgIpc) is 2.52. The predicted octanol–water partition coefficient (Wildman–Crippen LogP) is 2.93. The van der Waals surface area contributed by atoms with E-state index in [-0.39, 0.29) is 17.4 Å². The molecule has 21 heavy (non-hydrogen) atoms. The Morgan fingerprint density at radius 3 is 2.71 bits per heavy atom. The van der Waals surface area contributed by atoms with Crippen LogP contribution in [0.4, 0.5) is 4.39 Å². The van der Waals surface area contributed by atoms with E-state index >= 15 is 0 Å². The summed E-state index contributed by atoms with van der Waals surface area (Å²) in [6.07, 6.45) is 5.39. The minimum absolute atomic E-state index is 0.112. The summed E-state index contributed by atoms with van der Waals surface area (Å²) in [5.74, 6) is -0.288. The molecule has 0 aliphatic carbocycles. The minimum atomic E-state index is -0.288. The van der Waals surface area contributed by atoms with Crippen LogP contribution < -0.4 is 5.56 Å². The van der Waals surface area contributed by atoms with Gasteiger partial charge in [-0.05, 0) is 30.2 Å². The number of benzene rings is 1. The quantitative estimate of drug-likeness (QED) is 0.742. The monoisotopic (exact) mass is 283 g/mol. The molecule has 0 saturated carbocycles. The second kappa shape index (κ2) is 5.44. The van der Waals surface area contributed by atoms with E-state index in [0.717, 1.165) is 5.56 Å². The molecule has 0 aliphatic rings. The molecule has 4 nitrogen and oxygen atoms in total. The number of pyridine rings is 1. The molecule has 0 unspecified atom stereocenters. The van der Waals surface area contributed by atoms with Crippen molar-refractivity contribution in [2.24, 2.45) is 0 Å². The molecule has 0 bridgehead atoms. The van der Waals surface area contributed by atoms with Gasteiger partial charge in [0.25, 0.3) is 5.56 Å². The highest BCUT2D eigenvalue weighted by molar-refractivity contribution is 5.75. The second-order valence-electron chi connectivity index (χ2n) is 4.83. The minimum Gasteiger partial charge on any atom is -0.291 e. The molecule has 0 aliphatic heterocycles. The van der Waals surface area contributed by atoms with Crippen molar-refractivity contribution in [3.05, 3.63) is 70.8 Å². The van der Waals surface area contributed by atoms with Crippen LogP contribution in [0, 0.1) is 5.82 Å². The first-order chi connectivity index (χ1) is 10.2. The maximum atomic E-state index is 13.1. The van der Waals surface area contributed by atoms with Gasteiger partial charge in [0, 0.05) is 6.20 Å². The number of halogens is 1. The van der Waals surface area contributed by atoms with Crippen LogP contribution in [0.1, 0.15) is 24.9 Å². The van der Waals surface area contributed by atoms with Gasteiger partial charge < -0.3 is 0 Å². The van der Waals surface area contributed by atoms with Crippen molar-refractivity contribution in [2.75, 3.05) is 0 Å². The number of fused-ring (bicyclic) bond motifs is 1. The zero-order valence-corrected chi connectivity index (χ0v) is 11.5. The van der Waals surface area contributed by atoms with Gasteiger partial charge in [-0.1, -0.05) is 19.1 Å². The zero-order valence-electron chi connectivity index (χ0n) is 11.5. The van der Waals surface area contributed by atoms with E-state index in [0.29, 0.717) is 17.3 Å². The summed E-state index contributed by atoms with van der Waals surface area (Å²) in [5.41, 5.74) is 1.35. The number of rotatable bonds is 3. The van der Waals surface area contributed by atoms with Crippen molar-refractivity contribution in [1.29, 1.82) is 0 Å². The Labute approximate surface area is 120 Å². The normalized spacial score (nSPS) is 12.5. The van der Waals surface area contributed by atoms with E-state index in [1.807, 2.05) is 6.92 Å². The Morgan fingerprint density at radius 2 is 2.00 bits per heavy atom. The van der Waals surface area contributed by atoms with E-state index in [4.69, 9.17) is 0 Å². The van der Waals surface area contributed by atoms with Crippen molar-refractivity contribution in [1.82, 2.24) is 14.5 Å². The Morgan fingerprint density at radius 1 is 1.24 bits per heavy atom. The van der Waals surface area contributed by atoms with Gasteiger partial charge in [0.2, 0.25) is 0 Å². The van der Waals surface area contributed by atoms with Gasteiger partial charge in [-0.3, -0.25) is 14.3 Å². The van der Waals surface area contributed by atoms with Crippen LogP contribution in [0.25, 0.3) is 10.9 Å². The smallest absolute Gasteiger partial charge is 0.261 e. The van der Waals surface area contributed by atoms with E-state index < -0.39 is 0 Å². The molecule has 1 aromatic carbocycles. The molecular weight excluding hydrogens is 269 g/mol. The topological polar surface area (TPSA) is 47.8 Å². The third-order valence-electron chi connectivity index (χ3n) is 3.56. The van der Waals surface area contributed by atoms with Crippen LogP contribution in [0.15, 0.2) is 53.8 Å². The molecule has 1 atom stereocenters. The number of aromatic nitrogens is 3. The Kier molecular flexibility index (Phi) is 3.48. The van der Waals surface area contributed by atoms with Crippen molar-refractivity contribution in [2.45, 2.75) is 19.4 Å². The highest BCUT2D eigenvalue weighted by Crippen LogP contribution is 2.21. The average molecular weight is 283 g/mol. The molecule has 2 aromatic heterocycles. The van der Waals surface area contributed by atoms with Gasteiger partial charge in [-0.2, -0.15) is 0 Å². The molecule has 106 valence electrons. The van der Waals surface area contributed by atoms with E-state index in [1.54, 1.807) is 35.2 Å². The molecule has 3 aromatic rings. The van der Waals surface area contributed by atoms with Crippen molar-refractivity contribution >= 4 is 10.9 Å². The largest absolute Gasteiger partial charge is 0.291 e. The summed E-state index contributed by atoms with van der Waals surface area (Å²) in [5, 5.41) is 0.535. The highest BCUT2D eigenvalue weighted by Gasteiger charge is 2.15. The molecule has 0 radical (unpaired) electrons. The van der Waals surface area contributed by atoms with Gasteiger partial charge >= 0.3 is 0 Å². The third kappa shape index (κ3) is 2.42. The molecule has 0 saturated heterocycles. The maximum Gasteiger partial charge on any atom is 0.261 e. The Balaban J connectivity index is 2.15. The first-order valence-corrected chi connectivity index (χ1v) is 6.77. The van der Waals surface area contributed by atoms with Gasteiger partial charge in [-0.25, -0.2) is 9.37 Å². The predicted molar refractivity (Wildman–Crippen MR) is 78.6 cm³/mol. The van der Waals surface area contributed by atoms with Crippen LogP contribution in [0.2, 0.25) is 0 Å². The maximum absolute atomic E-state index is 13.1. The van der Waals surface area contributed by atoms with E-state index in [2.05, 4.69) is 9.97 Å². The van der Waals surface area contributed by atoms with Crippen LogP contribution in [0.3, 0.4) is 0 Å². The summed E-state index contributed by atoms with van der Waals surface area (Å²) in [6, 6.07) is 7.71. The number of hydrogen-bond acceptors (Lipinski definition) is 3. The lowest BCUT2D eigenvalue weighted by Crippen LogP contribution is -2.25. The molecule has 2 heterocycles. The fourth-order valence-corrected chi connectivity index (χ4v) is 2.49. The first-order valence-electron chi connectivity index (χ1n) is 6.77. The third-order valence-corrected chi connectivity index (χ3v) is 3.56. The summed E-state index contributed by atoms with van der Waals surface area (Å²) in [6.45, 7) is 1.98. The van der Waals surface area contributed by atoms with E-state index in [9.17, 15) is 9.18 Å². The Hall–Kier alpha value is -2.56. The lowest BCUT2D eigenvalue weighted by Gasteiger charge is -2.18. The van der Waals surface area contributed by atoms with Crippen LogP contribution in [0.5, 0.6) is 0 Å². The fourth-order valence-electron chi connectivity index (χ4n) is 2.49. The van der Waals surface area contributed by atoms with Crippen LogP contribution in [-0.2, 0) is 0 Å². The van der Waals surface area contributed by atoms with Crippen molar-refractivity contribution < 1.29 is 4.39 Å². The fraction of sp³-hybridized carbons (Fsp3) is 0.188. The van der Waals surface area contributed by atoms with Gasteiger partial charge in [-0.15, -0.1) is 0 Å². The standard InChI is InChI=1S/C16H14FN3O/c1-2-15(11-3-5-12(17)6-4-11)20-10-19-14-9-18-8-7-13(14)16(20)21/h3-10,15H,2H2,1H3/t15-/m0/s1. The first kappa shape index (κ1) is 13.4. The van der Waals surface area contributed by atoms with Crippen molar-refractivity contribution in [3.8, 4) is 0 Å². The van der Waals surface area contributed by atoms with Gasteiger partial charge in [0.1, 0.15) is 5.82 Å². The molecule has 3 rings (SSSR count). The van der Waals surface area contributed by atoms with Gasteiger partial charge in [0.05, 0.1) is 29.5 Å². The second-order valence-corrected chi connectivity index (χ2v) is 4.83. The van der Waals surface area contributed by atoms with E-state index in [1.165, 1.54) is 18.5 Å². The Bertz CT molecular complexity index is 827. The van der Waals surface area contributed by atoms with Crippen molar-refractivity contribution in [3.63, 3.8) is 0 Å². The number of nitrogens with zero attached hydrogens (tertiary/aromatic N) is 3. The van der Waals surface area contributed by atoms with Crippen LogP contribution >= 0.6 is 0 Å². The van der Waals surface area contributed by atoms with Gasteiger partial charge in [0.15, 0.2) is 0 Å².